The first-order chi connectivity index (χ1) is 12.6. The average Bonchev–Trinajstić information content (AvgIpc) is 3.05. The summed E-state index contributed by atoms with van der Waals surface area (Å²) in [5, 5.41) is 2.66. The minimum atomic E-state index is -0.664. The van der Waals surface area contributed by atoms with E-state index in [4.69, 9.17) is 4.74 Å². The Morgan fingerprint density at radius 2 is 1.88 bits per heavy atom. The summed E-state index contributed by atoms with van der Waals surface area (Å²) in [5.41, 5.74) is 4.36. The standard InChI is InChI=1S/C21H24N2O3/c1-3-26-21(25)15(2)22-20(24)18-10-8-16(9-11-18)14-23-13-12-17-6-4-5-7-19(17)23/h4-11,15H,3,12-14H2,1-2H3,(H,22,24)/t15-/m0/s1. The molecule has 1 aliphatic heterocycles. The number of nitrogens with zero attached hydrogens (tertiary/aromatic N) is 1. The van der Waals surface area contributed by atoms with Gasteiger partial charge in [0, 0.05) is 24.3 Å². The van der Waals surface area contributed by atoms with Gasteiger partial charge in [0.15, 0.2) is 0 Å². The summed E-state index contributed by atoms with van der Waals surface area (Å²) >= 11 is 0. The van der Waals surface area contributed by atoms with Crippen LogP contribution in [0.3, 0.4) is 0 Å². The van der Waals surface area contributed by atoms with E-state index in [-0.39, 0.29) is 5.91 Å². The van der Waals surface area contributed by atoms with Crippen LogP contribution in [0.1, 0.15) is 35.3 Å². The molecule has 1 heterocycles. The van der Waals surface area contributed by atoms with Crippen molar-refractivity contribution in [2.45, 2.75) is 32.9 Å². The number of carbonyl (C=O) groups excluding carboxylic acids is 2. The van der Waals surface area contributed by atoms with E-state index in [1.54, 1.807) is 26.0 Å². The van der Waals surface area contributed by atoms with Crippen LogP contribution in [0.2, 0.25) is 0 Å². The van der Waals surface area contributed by atoms with Gasteiger partial charge in [0.2, 0.25) is 0 Å². The third-order valence-electron chi connectivity index (χ3n) is 4.56. The lowest BCUT2D eigenvalue weighted by Gasteiger charge is -2.19. The minimum Gasteiger partial charge on any atom is -0.464 e. The molecule has 1 aliphatic rings. The summed E-state index contributed by atoms with van der Waals surface area (Å²) in [4.78, 5) is 26.2. The monoisotopic (exact) mass is 352 g/mol. The Morgan fingerprint density at radius 1 is 1.15 bits per heavy atom. The van der Waals surface area contributed by atoms with E-state index in [9.17, 15) is 9.59 Å². The summed E-state index contributed by atoms with van der Waals surface area (Å²) in [7, 11) is 0. The molecular weight excluding hydrogens is 328 g/mol. The Morgan fingerprint density at radius 3 is 2.62 bits per heavy atom. The smallest absolute Gasteiger partial charge is 0.328 e. The second-order valence-electron chi connectivity index (χ2n) is 6.44. The molecule has 1 atom stereocenters. The molecule has 5 nitrogen and oxygen atoms in total. The maximum Gasteiger partial charge on any atom is 0.328 e. The second-order valence-corrected chi connectivity index (χ2v) is 6.44. The van der Waals surface area contributed by atoms with Crippen molar-refractivity contribution < 1.29 is 14.3 Å². The zero-order valence-corrected chi connectivity index (χ0v) is 15.2. The lowest BCUT2D eigenvalue weighted by atomic mass is 10.1. The third-order valence-corrected chi connectivity index (χ3v) is 4.56. The number of esters is 1. The highest BCUT2D eigenvalue weighted by Crippen LogP contribution is 2.28. The van der Waals surface area contributed by atoms with Gasteiger partial charge in [0.25, 0.3) is 5.91 Å². The molecular formula is C21H24N2O3. The number of fused-ring (bicyclic) bond motifs is 1. The lowest BCUT2D eigenvalue weighted by molar-refractivity contribution is -0.144. The number of rotatable bonds is 6. The highest BCUT2D eigenvalue weighted by Gasteiger charge is 2.19. The number of benzene rings is 2. The molecule has 0 aliphatic carbocycles. The van der Waals surface area contributed by atoms with Crippen LogP contribution in [0.25, 0.3) is 0 Å². The fourth-order valence-corrected chi connectivity index (χ4v) is 3.16. The van der Waals surface area contributed by atoms with Crippen molar-refractivity contribution in [3.8, 4) is 0 Å². The van der Waals surface area contributed by atoms with Gasteiger partial charge in [0.05, 0.1) is 6.61 Å². The number of hydrogen-bond donors (Lipinski definition) is 1. The third kappa shape index (κ3) is 4.04. The Balaban J connectivity index is 1.60. The van der Waals surface area contributed by atoms with Crippen LogP contribution >= 0.6 is 0 Å². The molecule has 0 saturated heterocycles. The van der Waals surface area contributed by atoms with E-state index in [0.29, 0.717) is 12.2 Å². The predicted octanol–water partition coefficient (Wildman–Crippen LogP) is 2.93. The predicted molar refractivity (Wildman–Crippen MR) is 101 cm³/mol. The van der Waals surface area contributed by atoms with Gasteiger partial charge in [-0.1, -0.05) is 30.3 Å². The first-order valence-electron chi connectivity index (χ1n) is 8.97. The van der Waals surface area contributed by atoms with Crippen molar-refractivity contribution in [1.29, 1.82) is 0 Å². The Kier molecular flexibility index (Phi) is 5.56. The molecule has 0 fully saturated rings. The normalized spacial score (nSPS) is 13.8. The molecule has 0 unspecified atom stereocenters. The van der Waals surface area contributed by atoms with Gasteiger partial charge < -0.3 is 15.0 Å². The van der Waals surface area contributed by atoms with Crippen LogP contribution in [0, 0.1) is 0 Å². The molecule has 0 radical (unpaired) electrons. The molecule has 2 aromatic rings. The van der Waals surface area contributed by atoms with E-state index in [2.05, 4.69) is 34.5 Å². The minimum absolute atomic E-state index is 0.274. The van der Waals surface area contributed by atoms with Crippen molar-refractivity contribution in [3.63, 3.8) is 0 Å². The van der Waals surface area contributed by atoms with Gasteiger partial charge >= 0.3 is 5.97 Å². The van der Waals surface area contributed by atoms with Crippen LogP contribution in [-0.4, -0.2) is 31.1 Å². The molecule has 1 amide bonds. The number of carbonyl (C=O) groups is 2. The first kappa shape index (κ1) is 18.0. The van der Waals surface area contributed by atoms with Crippen molar-refractivity contribution in [3.05, 3.63) is 65.2 Å². The topological polar surface area (TPSA) is 58.6 Å². The van der Waals surface area contributed by atoms with Gasteiger partial charge in [0.1, 0.15) is 6.04 Å². The van der Waals surface area contributed by atoms with E-state index in [1.807, 2.05) is 12.1 Å². The molecule has 136 valence electrons. The Labute approximate surface area is 154 Å². The summed E-state index contributed by atoms with van der Waals surface area (Å²) in [6, 6.07) is 15.3. The summed E-state index contributed by atoms with van der Waals surface area (Å²) in [6.45, 7) is 5.49. The van der Waals surface area contributed by atoms with Crippen LogP contribution in [-0.2, 0) is 22.5 Å². The van der Waals surface area contributed by atoms with Gasteiger partial charge in [-0.25, -0.2) is 4.79 Å². The molecule has 26 heavy (non-hydrogen) atoms. The van der Waals surface area contributed by atoms with Crippen LogP contribution < -0.4 is 10.2 Å². The maximum absolute atomic E-state index is 12.3. The Hall–Kier alpha value is -2.82. The van der Waals surface area contributed by atoms with Crippen molar-refractivity contribution in [2.75, 3.05) is 18.1 Å². The average molecular weight is 352 g/mol. The lowest BCUT2D eigenvalue weighted by Crippen LogP contribution is -2.39. The maximum atomic E-state index is 12.3. The number of anilines is 1. The molecule has 1 N–H and O–H groups in total. The van der Waals surface area contributed by atoms with Gasteiger partial charge in [-0.15, -0.1) is 0 Å². The molecule has 0 aromatic heterocycles. The van der Waals surface area contributed by atoms with E-state index in [0.717, 1.165) is 25.1 Å². The SMILES string of the molecule is CCOC(=O)[C@H](C)NC(=O)c1ccc(CN2CCc3ccccc32)cc1. The summed E-state index contributed by atoms with van der Waals surface area (Å²) in [6.07, 6.45) is 1.07. The second kappa shape index (κ2) is 8.04. The molecule has 3 rings (SSSR count). The van der Waals surface area contributed by atoms with Crippen LogP contribution in [0.4, 0.5) is 5.69 Å². The quantitative estimate of drug-likeness (QED) is 0.812. The fourth-order valence-electron chi connectivity index (χ4n) is 3.16. The number of hydrogen-bond acceptors (Lipinski definition) is 4. The van der Waals surface area contributed by atoms with E-state index in [1.165, 1.54) is 11.3 Å². The Bertz CT molecular complexity index is 786. The number of ether oxygens (including phenoxy) is 1. The number of nitrogens with one attached hydrogen (secondary N) is 1. The summed E-state index contributed by atoms with van der Waals surface area (Å²) in [5.74, 6) is -0.700. The summed E-state index contributed by atoms with van der Waals surface area (Å²) < 4.78 is 4.90. The molecule has 2 aromatic carbocycles. The van der Waals surface area contributed by atoms with Gasteiger partial charge in [-0.2, -0.15) is 0 Å². The molecule has 0 bridgehead atoms. The zero-order chi connectivity index (χ0) is 18.5. The number of para-hydroxylation sites is 1. The molecule has 0 saturated carbocycles. The van der Waals surface area contributed by atoms with Gasteiger partial charge in [-0.3, -0.25) is 4.79 Å². The van der Waals surface area contributed by atoms with Crippen LogP contribution in [0.15, 0.2) is 48.5 Å². The fraction of sp³-hybridized carbons (Fsp3) is 0.333. The van der Waals surface area contributed by atoms with Crippen molar-refractivity contribution in [2.24, 2.45) is 0 Å². The van der Waals surface area contributed by atoms with Crippen molar-refractivity contribution in [1.82, 2.24) is 5.32 Å². The van der Waals surface area contributed by atoms with E-state index < -0.39 is 12.0 Å². The largest absolute Gasteiger partial charge is 0.464 e. The highest BCUT2D eigenvalue weighted by molar-refractivity contribution is 5.96. The van der Waals surface area contributed by atoms with Crippen LogP contribution in [0.5, 0.6) is 0 Å². The first-order valence-corrected chi connectivity index (χ1v) is 8.97. The van der Waals surface area contributed by atoms with Crippen molar-refractivity contribution >= 4 is 17.6 Å². The zero-order valence-electron chi connectivity index (χ0n) is 15.2. The molecule has 0 spiro atoms. The molecule has 5 heteroatoms. The van der Waals surface area contributed by atoms with Gasteiger partial charge in [-0.05, 0) is 49.6 Å². The van der Waals surface area contributed by atoms with E-state index >= 15 is 0 Å². The number of amides is 1. The highest BCUT2D eigenvalue weighted by atomic mass is 16.5.